The van der Waals surface area contributed by atoms with Crippen LogP contribution in [-0.2, 0) is 23.1 Å². The number of hydrogen-bond acceptors (Lipinski definition) is 3. The van der Waals surface area contributed by atoms with Gasteiger partial charge < -0.3 is 10.4 Å². The molecule has 2 unspecified atom stereocenters. The van der Waals surface area contributed by atoms with Crippen LogP contribution >= 0.6 is 0 Å². The number of nitrogens with zero attached hydrogens (tertiary/aromatic N) is 2. The number of carbonyl (C=O) groups excluding carboxylic acids is 1. The van der Waals surface area contributed by atoms with Gasteiger partial charge in [0.15, 0.2) is 0 Å². The van der Waals surface area contributed by atoms with Crippen molar-refractivity contribution in [2.24, 2.45) is 13.0 Å². The Bertz CT molecular complexity index is 494. The Morgan fingerprint density at radius 3 is 2.37 bits per heavy atom. The molecule has 19 heavy (non-hydrogen) atoms. The summed E-state index contributed by atoms with van der Waals surface area (Å²) in [5, 5.41) is 15.5. The van der Waals surface area contributed by atoms with Crippen LogP contribution < -0.4 is 5.32 Å². The highest BCUT2D eigenvalue weighted by molar-refractivity contribution is 5.84. The fourth-order valence-electron chi connectivity index (χ4n) is 1.93. The Hall–Kier alpha value is -1.85. The molecule has 0 aromatic carbocycles. The quantitative estimate of drug-likeness (QED) is 0.826. The van der Waals surface area contributed by atoms with Gasteiger partial charge in [0.1, 0.15) is 6.04 Å². The molecule has 0 radical (unpaired) electrons. The maximum absolute atomic E-state index is 11.9. The number of amides is 1. The number of aryl methyl sites for hydroxylation is 2. The van der Waals surface area contributed by atoms with Crippen molar-refractivity contribution in [3.8, 4) is 0 Å². The molecule has 1 aromatic rings. The summed E-state index contributed by atoms with van der Waals surface area (Å²) >= 11 is 0. The SMILES string of the molecule is Cc1nn(C)c(C)c1CC(C)C(=O)NC(C)C(=O)O. The van der Waals surface area contributed by atoms with E-state index in [9.17, 15) is 9.59 Å². The Labute approximate surface area is 112 Å². The summed E-state index contributed by atoms with van der Waals surface area (Å²) in [5.41, 5.74) is 2.99. The summed E-state index contributed by atoms with van der Waals surface area (Å²) in [4.78, 5) is 22.6. The van der Waals surface area contributed by atoms with E-state index in [0.717, 1.165) is 17.0 Å². The molecule has 0 saturated heterocycles. The maximum Gasteiger partial charge on any atom is 0.325 e. The zero-order valence-electron chi connectivity index (χ0n) is 12.0. The lowest BCUT2D eigenvalue weighted by Crippen LogP contribution is -2.41. The van der Waals surface area contributed by atoms with Crippen LogP contribution in [0.1, 0.15) is 30.8 Å². The van der Waals surface area contributed by atoms with Gasteiger partial charge in [0.2, 0.25) is 5.91 Å². The number of aliphatic carboxylic acids is 1. The highest BCUT2D eigenvalue weighted by Crippen LogP contribution is 2.17. The van der Waals surface area contributed by atoms with Gasteiger partial charge in [-0.25, -0.2) is 0 Å². The molecule has 2 N–H and O–H groups in total. The van der Waals surface area contributed by atoms with Gasteiger partial charge in [-0.05, 0) is 32.8 Å². The van der Waals surface area contributed by atoms with Gasteiger partial charge in [-0.15, -0.1) is 0 Å². The summed E-state index contributed by atoms with van der Waals surface area (Å²) in [5.74, 6) is -1.57. The molecule has 2 atom stereocenters. The van der Waals surface area contributed by atoms with Gasteiger partial charge in [-0.3, -0.25) is 14.3 Å². The first-order valence-corrected chi connectivity index (χ1v) is 6.26. The molecule has 0 fully saturated rings. The van der Waals surface area contributed by atoms with Crippen molar-refractivity contribution in [1.29, 1.82) is 0 Å². The van der Waals surface area contributed by atoms with E-state index < -0.39 is 12.0 Å². The molecule has 0 spiro atoms. The average molecular weight is 267 g/mol. The molecule has 0 aliphatic heterocycles. The molecule has 0 aliphatic carbocycles. The fraction of sp³-hybridized carbons (Fsp3) is 0.615. The first-order chi connectivity index (χ1) is 8.73. The van der Waals surface area contributed by atoms with Gasteiger partial charge in [-0.1, -0.05) is 6.92 Å². The van der Waals surface area contributed by atoms with Crippen molar-refractivity contribution < 1.29 is 14.7 Å². The largest absolute Gasteiger partial charge is 0.480 e. The lowest BCUT2D eigenvalue weighted by Gasteiger charge is -2.15. The summed E-state index contributed by atoms with van der Waals surface area (Å²) < 4.78 is 1.79. The molecule has 6 nitrogen and oxygen atoms in total. The Kier molecular flexibility index (Phi) is 4.69. The van der Waals surface area contributed by atoms with E-state index in [4.69, 9.17) is 5.11 Å². The zero-order chi connectivity index (χ0) is 14.7. The molecule has 0 bridgehead atoms. The van der Waals surface area contributed by atoms with Crippen LogP contribution in [-0.4, -0.2) is 32.8 Å². The molecule has 0 aliphatic rings. The Morgan fingerprint density at radius 1 is 1.37 bits per heavy atom. The average Bonchev–Trinajstić information content (AvgIpc) is 2.55. The fourth-order valence-corrected chi connectivity index (χ4v) is 1.93. The van der Waals surface area contributed by atoms with Crippen molar-refractivity contribution in [3.63, 3.8) is 0 Å². The molecule has 6 heteroatoms. The normalized spacial score (nSPS) is 13.9. The van der Waals surface area contributed by atoms with E-state index in [1.165, 1.54) is 6.92 Å². The van der Waals surface area contributed by atoms with E-state index in [1.807, 2.05) is 20.9 Å². The highest BCUT2D eigenvalue weighted by Gasteiger charge is 2.21. The molecule has 106 valence electrons. The summed E-state index contributed by atoms with van der Waals surface area (Å²) in [7, 11) is 1.86. The topological polar surface area (TPSA) is 84.2 Å². The van der Waals surface area contributed by atoms with Gasteiger partial charge >= 0.3 is 5.97 Å². The van der Waals surface area contributed by atoms with Crippen molar-refractivity contribution in [1.82, 2.24) is 15.1 Å². The first-order valence-electron chi connectivity index (χ1n) is 6.26. The first kappa shape index (κ1) is 15.2. The third-order valence-electron chi connectivity index (χ3n) is 3.35. The van der Waals surface area contributed by atoms with Crippen LogP contribution in [0.25, 0.3) is 0 Å². The van der Waals surface area contributed by atoms with Crippen LogP contribution in [0.4, 0.5) is 0 Å². The highest BCUT2D eigenvalue weighted by atomic mass is 16.4. The number of carboxylic acids is 1. The van der Waals surface area contributed by atoms with E-state index in [-0.39, 0.29) is 11.8 Å². The minimum Gasteiger partial charge on any atom is -0.480 e. The van der Waals surface area contributed by atoms with E-state index in [0.29, 0.717) is 6.42 Å². The van der Waals surface area contributed by atoms with Crippen LogP contribution in [0.5, 0.6) is 0 Å². The number of aromatic nitrogens is 2. The number of carbonyl (C=O) groups is 2. The maximum atomic E-state index is 11.9. The van der Waals surface area contributed by atoms with Crippen LogP contribution in [0.15, 0.2) is 0 Å². The van der Waals surface area contributed by atoms with Crippen LogP contribution in [0.3, 0.4) is 0 Å². The van der Waals surface area contributed by atoms with Crippen molar-refractivity contribution in [3.05, 3.63) is 17.0 Å². The minimum atomic E-state index is -1.03. The molecule has 1 amide bonds. The van der Waals surface area contributed by atoms with Gasteiger partial charge in [0.25, 0.3) is 0 Å². The summed E-state index contributed by atoms with van der Waals surface area (Å²) in [6.07, 6.45) is 0.559. The molecular formula is C13H21N3O3. The second kappa shape index (κ2) is 5.86. The lowest BCUT2D eigenvalue weighted by atomic mass is 9.98. The van der Waals surface area contributed by atoms with Crippen LogP contribution in [0.2, 0.25) is 0 Å². The van der Waals surface area contributed by atoms with Crippen LogP contribution in [0, 0.1) is 19.8 Å². The minimum absolute atomic E-state index is 0.252. The van der Waals surface area contributed by atoms with Gasteiger partial charge in [0, 0.05) is 18.7 Å². The predicted molar refractivity (Wildman–Crippen MR) is 70.8 cm³/mol. The third-order valence-corrected chi connectivity index (χ3v) is 3.35. The Balaban J connectivity index is 2.71. The standard InChI is InChI=1S/C13H21N3O3/c1-7(12(17)14-9(3)13(18)19)6-11-8(2)15-16(5)10(11)4/h7,9H,6H2,1-5H3,(H,14,17)(H,18,19). The monoisotopic (exact) mass is 267 g/mol. The molecular weight excluding hydrogens is 246 g/mol. The summed E-state index contributed by atoms with van der Waals surface area (Å²) in [6.45, 7) is 7.11. The molecule has 1 aromatic heterocycles. The lowest BCUT2D eigenvalue weighted by molar-refractivity contribution is -0.141. The van der Waals surface area contributed by atoms with E-state index >= 15 is 0 Å². The van der Waals surface area contributed by atoms with E-state index in [2.05, 4.69) is 10.4 Å². The summed E-state index contributed by atoms with van der Waals surface area (Å²) in [6, 6.07) is -0.869. The van der Waals surface area contributed by atoms with Crippen molar-refractivity contribution in [2.45, 2.75) is 40.2 Å². The molecule has 1 heterocycles. The second-order valence-corrected chi connectivity index (χ2v) is 4.95. The van der Waals surface area contributed by atoms with Gasteiger partial charge in [0.05, 0.1) is 5.69 Å². The predicted octanol–water partition coefficient (Wildman–Crippen LogP) is 0.805. The molecule has 0 saturated carbocycles. The van der Waals surface area contributed by atoms with Gasteiger partial charge in [-0.2, -0.15) is 5.10 Å². The molecule has 1 rings (SSSR count). The number of carboxylic acid groups (broad SMARTS) is 1. The number of rotatable bonds is 5. The van der Waals surface area contributed by atoms with Crippen molar-refractivity contribution >= 4 is 11.9 Å². The third kappa shape index (κ3) is 3.56. The zero-order valence-corrected chi connectivity index (χ0v) is 12.0. The Morgan fingerprint density at radius 2 is 1.95 bits per heavy atom. The smallest absolute Gasteiger partial charge is 0.325 e. The second-order valence-electron chi connectivity index (χ2n) is 4.95. The van der Waals surface area contributed by atoms with E-state index in [1.54, 1.807) is 11.6 Å². The number of nitrogens with one attached hydrogen (secondary N) is 1. The van der Waals surface area contributed by atoms with Crippen molar-refractivity contribution in [2.75, 3.05) is 0 Å². The number of hydrogen-bond donors (Lipinski definition) is 2.